The van der Waals surface area contributed by atoms with Gasteiger partial charge in [-0.05, 0) is 41.8 Å². The van der Waals surface area contributed by atoms with Gasteiger partial charge in [-0.1, -0.05) is 0 Å². The third kappa shape index (κ3) is 3.54. The van der Waals surface area contributed by atoms with Crippen LogP contribution in [0.25, 0.3) is 0 Å². The first-order valence-corrected chi connectivity index (χ1v) is 8.39. The van der Waals surface area contributed by atoms with Gasteiger partial charge in [0.25, 0.3) is 0 Å². The smallest absolute Gasteiger partial charge is 0.244 e. The molecule has 0 fully saturated rings. The third-order valence-corrected chi connectivity index (χ3v) is 5.06. The molecule has 108 valence electrons. The minimum Gasteiger partial charge on any atom is -0.323 e. The second kappa shape index (κ2) is 6.31. The number of thiophene rings is 1. The summed E-state index contributed by atoms with van der Waals surface area (Å²) in [5, 5.41) is 3.97. The van der Waals surface area contributed by atoms with Crippen LogP contribution in [0.1, 0.15) is 12.5 Å². The molecular formula is C12H16N4O2S2. The van der Waals surface area contributed by atoms with E-state index in [4.69, 9.17) is 5.84 Å². The molecule has 0 spiro atoms. The average molecular weight is 312 g/mol. The van der Waals surface area contributed by atoms with Gasteiger partial charge in [-0.15, -0.1) is 0 Å². The zero-order valence-corrected chi connectivity index (χ0v) is 12.5. The second-order valence-electron chi connectivity index (χ2n) is 4.37. The lowest BCUT2D eigenvalue weighted by Crippen LogP contribution is -2.34. The number of nitrogens with one attached hydrogen (secondary N) is 2. The lowest BCUT2D eigenvalue weighted by atomic mass is 10.1. The summed E-state index contributed by atoms with van der Waals surface area (Å²) in [6.45, 7) is 1.82. The van der Waals surface area contributed by atoms with Crippen LogP contribution in [-0.4, -0.2) is 19.4 Å². The van der Waals surface area contributed by atoms with Gasteiger partial charge >= 0.3 is 0 Å². The van der Waals surface area contributed by atoms with Crippen molar-refractivity contribution in [2.75, 3.05) is 5.43 Å². The molecule has 0 radical (unpaired) electrons. The molecule has 1 unspecified atom stereocenters. The van der Waals surface area contributed by atoms with Crippen LogP contribution < -0.4 is 16.0 Å². The number of nitrogen functional groups attached to an aromatic ring is 1. The molecule has 8 heteroatoms. The van der Waals surface area contributed by atoms with Crippen molar-refractivity contribution in [2.24, 2.45) is 5.84 Å². The Hall–Kier alpha value is -1.48. The van der Waals surface area contributed by atoms with E-state index >= 15 is 0 Å². The third-order valence-electron chi connectivity index (χ3n) is 2.71. The van der Waals surface area contributed by atoms with Crippen molar-refractivity contribution < 1.29 is 8.42 Å². The Balaban J connectivity index is 2.14. The van der Waals surface area contributed by atoms with Gasteiger partial charge in [-0.2, -0.15) is 11.3 Å². The summed E-state index contributed by atoms with van der Waals surface area (Å²) < 4.78 is 27.2. The van der Waals surface area contributed by atoms with E-state index in [9.17, 15) is 8.42 Å². The highest BCUT2D eigenvalue weighted by Gasteiger charge is 2.21. The summed E-state index contributed by atoms with van der Waals surface area (Å²) in [6, 6.07) is 3.27. The molecule has 0 saturated carbocycles. The van der Waals surface area contributed by atoms with E-state index in [1.807, 2.05) is 23.8 Å². The van der Waals surface area contributed by atoms with Gasteiger partial charge in [0.05, 0.1) is 5.69 Å². The molecule has 2 heterocycles. The van der Waals surface area contributed by atoms with Crippen LogP contribution >= 0.6 is 11.3 Å². The average Bonchev–Trinajstić information content (AvgIpc) is 2.90. The molecule has 20 heavy (non-hydrogen) atoms. The molecule has 6 nitrogen and oxygen atoms in total. The van der Waals surface area contributed by atoms with Crippen molar-refractivity contribution in [3.8, 4) is 0 Å². The first kappa shape index (κ1) is 14.9. The Labute approximate surface area is 122 Å². The van der Waals surface area contributed by atoms with Crippen LogP contribution in [0, 0.1) is 0 Å². The predicted octanol–water partition coefficient (Wildman–Crippen LogP) is 1.34. The topological polar surface area (TPSA) is 97.1 Å². The molecule has 4 N–H and O–H groups in total. The molecule has 0 aliphatic carbocycles. The lowest BCUT2D eigenvalue weighted by molar-refractivity contribution is 0.560. The van der Waals surface area contributed by atoms with Crippen molar-refractivity contribution in [3.63, 3.8) is 0 Å². The molecule has 0 bridgehead atoms. The second-order valence-corrected chi connectivity index (χ2v) is 6.84. The SMILES string of the molecule is CC(Cc1ccsc1)NS(=O)(=O)c1cnccc1NN. The van der Waals surface area contributed by atoms with Gasteiger partial charge < -0.3 is 5.43 Å². The highest BCUT2D eigenvalue weighted by atomic mass is 32.2. The number of aromatic nitrogens is 1. The fourth-order valence-corrected chi connectivity index (χ4v) is 3.88. The van der Waals surface area contributed by atoms with E-state index in [0.717, 1.165) is 5.56 Å². The molecule has 1 atom stereocenters. The van der Waals surface area contributed by atoms with Crippen molar-refractivity contribution in [2.45, 2.75) is 24.3 Å². The zero-order valence-electron chi connectivity index (χ0n) is 10.9. The summed E-state index contributed by atoms with van der Waals surface area (Å²) in [7, 11) is -3.66. The van der Waals surface area contributed by atoms with Crippen LogP contribution in [0.15, 0.2) is 40.2 Å². The van der Waals surface area contributed by atoms with Crippen molar-refractivity contribution >= 4 is 27.0 Å². The van der Waals surface area contributed by atoms with Crippen molar-refractivity contribution in [1.29, 1.82) is 0 Å². The van der Waals surface area contributed by atoms with E-state index in [0.29, 0.717) is 12.1 Å². The van der Waals surface area contributed by atoms with Gasteiger partial charge in [0, 0.05) is 18.4 Å². The number of hydrogen-bond donors (Lipinski definition) is 3. The number of sulfonamides is 1. The maximum atomic E-state index is 12.3. The van der Waals surface area contributed by atoms with Crippen LogP contribution in [0.2, 0.25) is 0 Å². The summed E-state index contributed by atoms with van der Waals surface area (Å²) >= 11 is 1.59. The van der Waals surface area contributed by atoms with Gasteiger partial charge in [0.1, 0.15) is 4.90 Å². The Morgan fingerprint density at radius 1 is 1.45 bits per heavy atom. The largest absolute Gasteiger partial charge is 0.323 e. The summed E-state index contributed by atoms with van der Waals surface area (Å²) in [6.07, 6.45) is 3.38. The summed E-state index contributed by atoms with van der Waals surface area (Å²) in [5.41, 5.74) is 3.78. The van der Waals surface area contributed by atoms with Crippen LogP contribution in [0.4, 0.5) is 5.69 Å². The van der Waals surface area contributed by atoms with Gasteiger partial charge in [0.15, 0.2) is 0 Å². The highest BCUT2D eigenvalue weighted by Crippen LogP contribution is 2.19. The lowest BCUT2D eigenvalue weighted by Gasteiger charge is -2.15. The Morgan fingerprint density at radius 3 is 2.90 bits per heavy atom. The number of nitrogens with two attached hydrogens (primary N) is 1. The number of hydrazine groups is 1. The Kier molecular flexibility index (Phi) is 4.71. The Bertz CT molecular complexity index is 656. The van der Waals surface area contributed by atoms with Crippen molar-refractivity contribution in [3.05, 3.63) is 40.8 Å². The quantitative estimate of drug-likeness (QED) is 0.552. The number of pyridine rings is 1. The van der Waals surface area contributed by atoms with Crippen LogP contribution in [-0.2, 0) is 16.4 Å². The minimum absolute atomic E-state index is 0.0414. The first-order chi connectivity index (χ1) is 9.53. The maximum Gasteiger partial charge on any atom is 0.244 e. The minimum atomic E-state index is -3.66. The maximum absolute atomic E-state index is 12.3. The van der Waals surface area contributed by atoms with Crippen LogP contribution in [0.5, 0.6) is 0 Å². The summed E-state index contributed by atoms with van der Waals surface area (Å²) in [4.78, 5) is 3.87. The molecule has 2 aromatic rings. The monoisotopic (exact) mass is 312 g/mol. The molecule has 0 aliphatic rings. The molecule has 2 aromatic heterocycles. The van der Waals surface area contributed by atoms with E-state index in [2.05, 4.69) is 15.1 Å². The van der Waals surface area contributed by atoms with Gasteiger partial charge in [-0.25, -0.2) is 13.1 Å². The Morgan fingerprint density at radius 2 is 2.25 bits per heavy atom. The summed E-state index contributed by atoms with van der Waals surface area (Å²) in [5.74, 6) is 5.32. The molecule has 0 aromatic carbocycles. The first-order valence-electron chi connectivity index (χ1n) is 5.97. The molecule has 2 rings (SSSR count). The number of nitrogens with zero attached hydrogens (tertiary/aromatic N) is 1. The highest BCUT2D eigenvalue weighted by molar-refractivity contribution is 7.89. The molecular weight excluding hydrogens is 296 g/mol. The van der Waals surface area contributed by atoms with Gasteiger partial charge in [-0.3, -0.25) is 10.8 Å². The standard InChI is InChI=1S/C12H16N4O2S2/c1-9(6-10-3-5-19-8-10)16-20(17,18)12-7-14-4-2-11(12)15-13/h2-5,7-9,16H,6,13H2,1H3,(H,14,15). The fourth-order valence-electron chi connectivity index (χ4n) is 1.85. The van der Waals surface area contributed by atoms with Gasteiger partial charge in [0.2, 0.25) is 10.0 Å². The van der Waals surface area contributed by atoms with E-state index < -0.39 is 10.0 Å². The van der Waals surface area contributed by atoms with Crippen LogP contribution in [0.3, 0.4) is 0 Å². The number of anilines is 1. The molecule has 0 saturated heterocycles. The molecule has 0 amide bonds. The number of rotatable bonds is 6. The van der Waals surface area contributed by atoms with E-state index in [-0.39, 0.29) is 10.9 Å². The fraction of sp³-hybridized carbons (Fsp3) is 0.250. The zero-order chi connectivity index (χ0) is 14.6. The van der Waals surface area contributed by atoms with Crippen molar-refractivity contribution in [1.82, 2.24) is 9.71 Å². The number of hydrogen-bond acceptors (Lipinski definition) is 6. The predicted molar refractivity (Wildman–Crippen MR) is 79.9 cm³/mol. The van der Waals surface area contributed by atoms with E-state index in [1.165, 1.54) is 18.5 Å². The van der Waals surface area contributed by atoms with E-state index in [1.54, 1.807) is 11.3 Å². The molecule has 0 aliphatic heterocycles. The normalized spacial score (nSPS) is 13.1.